The fourth-order valence-electron chi connectivity index (χ4n) is 3.32. The molecule has 116 valence electrons. The summed E-state index contributed by atoms with van der Waals surface area (Å²) < 4.78 is 0.978. The quantitative estimate of drug-likeness (QED) is 0.859. The van der Waals surface area contributed by atoms with Crippen LogP contribution in [0.3, 0.4) is 0 Å². The molecule has 1 atom stereocenters. The predicted octanol–water partition coefficient (Wildman–Crippen LogP) is 3.68. The zero-order valence-electron chi connectivity index (χ0n) is 12.6. The number of nitrogens with zero attached hydrogens (tertiary/aromatic N) is 1. The van der Waals surface area contributed by atoms with Crippen LogP contribution >= 0.6 is 11.6 Å². The van der Waals surface area contributed by atoms with Crippen LogP contribution in [0.15, 0.2) is 23.0 Å². The molecule has 1 aromatic carbocycles. The average molecular weight is 320 g/mol. The molecule has 0 aliphatic heterocycles. The highest BCUT2D eigenvalue weighted by atomic mass is 35.5. The largest absolute Gasteiger partial charge is 0.428 e. The number of carbonyl (C=O) groups excluding carboxylic acids is 1. The third-order valence-electron chi connectivity index (χ3n) is 4.31. The van der Waals surface area contributed by atoms with Gasteiger partial charge >= 0.3 is 0 Å². The van der Waals surface area contributed by atoms with Crippen LogP contribution in [-0.2, 0) is 6.42 Å². The zero-order valence-corrected chi connectivity index (χ0v) is 13.4. The number of fused-ring (bicyclic) bond motifs is 2. The number of Topliss-reactive ketones (excluding diaryl/α,β-unsaturated/α-hetero) is 1. The van der Waals surface area contributed by atoms with Gasteiger partial charge in [0.05, 0.1) is 22.2 Å². The molecule has 0 saturated carbocycles. The maximum Gasteiger partial charge on any atom is 0.200 e. The van der Waals surface area contributed by atoms with Crippen molar-refractivity contribution in [2.45, 2.75) is 33.1 Å². The van der Waals surface area contributed by atoms with E-state index in [0.717, 1.165) is 11.2 Å². The molecule has 4 nitrogen and oxygen atoms in total. The molecule has 1 heterocycles. The third-order valence-corrected chi connectivity index (χ3v) is 4.54. The van der Waals surface area contributed by atoms with Crippen molar-refractivity contribution in [1.82, 2.24) is 4.73 Å². The minimum absolute atomic E-state index is 0.133. The molecule has 22 heavy (non-hydrogen) atoms. The Morgan fingerprint density at radius 3 is 2.77 bits per heavy atom. The van der Waals surface area contributed by atoms with Crippen molar-refractivity contribution in [3.63, 3.8) is 0 Å². The molecule has 3 rings (SSSR count). The highest BCUT2D eigenvalue weighted by Gasteiger charge is 2.33. The Kier molecular flexibility index (Phi) is 3.73. The van der Waals surface area contributed by atoms with E-state index in [0.29, 0.717) is 35.0 Å². The van der Waals surface area contributed by atoms with Gasteiger partial charge in [-0.1, -0.05) is 25.4 Å². The molecule has 1 N–H and O–H groups in total. The van der Waals surface area contributed by atoms with E-state index in [1.165, 1.54) is 6.07 Å². The maximum absolute atomic E-state index is 12.7. The highest BCUT2D eigenvalue weighted by molar-refractivity contribution is 6.31. The summed E-state index contributed by atoms with van der Waals surface area (Å²) in [6.45, 7) is 4.13. The van der Waals surface area contributed by atoms with Crippen LogP contribution in [0.25, 0.3) is 10.9 Å². The molecule has 0 amide bonds. The first-order valence-corrected chi connectivity index (χ1v) is 7.88. The number of carbonyl (C=O) groups is 1. The number of pyridine rings is 1. The minimum Gasteiger partial charge on any atom is -0.428 e. The SMILES string of the molecule is CC(C)CC1CCc2c(c(=O)c3cc(Cl)ccc3n2O)C1=O. The minimum atomic E-state index is -0.323. The number of hydrogen-bond acceptors (Lipinski definition) is 3. The Morgan fingerprint density at radius 2 is 2.09 bits per heavy atom. The van der Waals surface area contributed by atoms with Gasteiger partial charge in [-0.3, -0.25) is 9.59 Å². The summed E-state index contributed by atoms with van der Waals surface area (Å²) in [6.07, 6.45) is 1.96. The summed E-state index contributed by atoms with van der Waals surface area (Å²) in [5, 5.41) is 11.1. The van der Waals surface area contributed by atoms with Gasteiger partial charge in [0, 0.05) is 10.9 Å². The smallest absolute Gasteiger partial charge is 0.200 e. The van der Waals surface area contributed by atoms with Gasteiger partial charge in [0.1, 0.15) is 0 Å². The third kappa shape index (κ3) is 2.31. The second kappa shape index (κ2) is 5.43. The molecule has 0 fully saturated rings. The van der Waals surface area contributed by atoms with Crippen LogP contribution in [0.1, 0.15) is 42.7 Å². The molecule has 0 bridgehead atoms. The summed E-state index contributed by atoms with van der Waals surface area (Å²) in [5.74, 6) is 0.100. The molecular weight excluding hydrogens is 302 g/mol. The molecule has 1 aromatic heterocycles. The van der Waals surface area contributed by atoms with Crippen molar-refractivity contribution in [2.24, 2.45) is 11.8 Å². The topological polar surface area (TPSA) is 59.3 Å². The standard InChI is InChI=1S/C17H18ClNO3/c1-9(2)7-10-3-5-14-15(16(10)20)17(21)12-8-11(18)4-6-13(12)19(14)22/h4,6,8-10,22H,3,5,7H2,1-2H3. The van der Waals surface area contributed by atoms with Gasteiger partial charge < -0.3 is 5.21 Å². The van der Waals surface area contributed by atoms with Crippen molar-refractivity contribution in [2.75, 3.05) is 0 Å². The van der Waals surface area contributed by atoms with Crippen LogP contribution in [-0.4, -0.2) is 15.7 Å². The van der Waals surface area contributed by atoms with Crippen molar-refractivity contribution in [3.05, 3.63) is 44.7 Å². The Hall–Kier alpha value is -1.81. The van der Waals surface area contributed by atoms with Gasteiger partial charge in [-0.25, -0.2) is 0 Å². The molecule has 0 radical (unpaired) electrons. The van der Waals surface area contributed by atoms with Crippen molar-refractivity contribution >= 4 is 28.3 Å². The van der Waals surface area contributed by atoms with Gasteiger partial charge in [0.2, 0.25) is 5.43 Å². The molecule has 1 aliphatic rings. The first-order chi connectivity index (χ1) is 10.4. The summed E-state index contributed by atoms with van der Waals surface area (Å²) in [4.78, 5) is 25.4. The summed E-state index contributed by atoms with van der Waals surface area (Å²) in [7, 11) is 0. The van der Waals surface area contributed by atoms with E-state index in [9.17, 15) is 14.8 Å². The van der Waals surface area contributed by atoms with E-state index in [1.54, 1.807) is 12.1 Å². The lowest BCUT2D eigenvalue weighted by Crippen LogP contribution is -2.33. The average Bonchev–Trinajstić information content (AvgIpc) is 2.46. The van der Waals surface area contributed by atoms with E-state index in [4.69, 9.17) is 11.6 Å². The number of hydrogen-bond donors (Lipinski definition) is 1. The van der Waals surface area contributed by atoms with Crippen molar-refractivity contribution < 1.29 is 10.0 Å². The molecule has 0 spiro atoms. The van der Waals surface area contributed by atoms with E-state index in [-0.39, 0.29) is 28.1 Å². The van der Waals surface area contributed by atoms with Gasteiger partial charge in [-0.15, -0.1) is 0 Å². The fraction of sp³-hybridized carbons (Fsp3) is 0.412. The van der Waals surface area contributed by atoms with Gasteiger partial charge in [-0.2, -0.15) is 4.73 Å². The number of rotatable bonds is 2. The van der Waals surface area contributed by atoms with Crippen LogP contribution in [0.5, 0.6) is 0 Å². The van der Waals surface area contributed by atoms with Crippen LogP contribution in [0.2, 0.25) is 5.02 Å². The van der Waals surface area contributed by atoms with Crippen LogP contribution in [0, 0.1) is 11.8 Å². The van der Waals surface area contributed by atoms with E-state index < -0.39 is 0 Å². The van der Waals surface area contributed by atoms with Gasteiger partial charge in [0.25, 0.3) is 0 Å². The first kappa shape index (κ1) is 15.1. The zero-order chi connectivity index (χ0) is 16.0. The second-order valence-electron chi connectivity index (χ2n) is 6.35. The number of ketones is 1. The molecular formula is C17H18ClNO3. The number of halogens is 1. The van der Waals surface area contributed by atoms with E-state index in [2.05, 4.69) is 13.8 Å². The molecule has 2 aromatic rings. The lowest BCUT2D eigenvalue weighted by Gasteiger charge is -2.25. The Labute approximate surface area is 133 Å². The maximum atomic E-state index is 12.7. The first-order valence-electron chi connectivity index (χ1n) is 7.50. The van der Waals surface area contributed by atoms with Crippen LogP contribution < -0.4 is 5.43 Å². The second-order valence-corrected chi connectivity index (χ2v) is 6.79. The molecule has 5 heteroatoms. The molecule has 1 unspecified atom stereocenters. The Morgan fingerprint density at radius 1 is 1.36 bits per heavy atom. The Bertz CT molecular complexity index is 823. The van der Waals surface area contributed by atoms with Crippen molar-refractivity contribution in [1.29, 1.82) is 0 Å². The summed E-state index contributed by atoms with van der Waals surface area (Å²) >= 11 is 5.95. The predicted molar refractivity (Wildman–Crippen MR) is 86.0 cm³/mol. The summed E-state index contributed by atoms with van der Waals surface area (Å²) in [5.41, 5.74) is 0.624. The van der Waals surface area contributed by atoms with Crippen molar-refractivity contribution in [3.8, 4) is 0 Å². The van der Waals surface area contributed by atoms with E-state index in [1.807, 2.05) is 0 Å². The van der Waals surface area contributed by atoms with Crippen LogP contribution in [0.4, 0.5) is 0 Å². The molecule has 0 saturated heterocycles. The Balaban J connectivity index is 2.24. The summed E-state index contributed by atoms with van der Waals surface area (Å²) in [6, 6.07) is 4.73. The fourth-order valence-corrected chi connectivity index (χ4v) is 3.49. The number of aromatic nitrogens is 1. The van der Waals surface area contributed by atoms with Gasteiger partial charge in [0.15, 0.2) is 5.78 Å². The lowest BCUT2D eigenvalue weighted by molar-refractivity contribution is 0.0867. The van der Waals surface area contributed by atoms with Gasteiger partial charge in [-0.05, 0) is 43.4 Å². The highest BCUT2D eigenvalue weighted by Crippen LogP contribution is 2.30. The molecule has 1 aliphatic carbocycles. The normalized spacial score (nSPS) is 18.0. The monoisotopic (exact) mass is 319 g/mol. The number of benzene rings is 1. The van der Waals surface area contributed by atoms with E-state index >= 15 is 0 Å². The lowest BCUT2D eigenvalue weighted by atomic mass is 9.80.